The highest BCUT2D eigenvalue weighted by molar-refractivity contribution is 7.48. The molecule has 4 nitrogen and oxygen atoms in total. The molecule has 0 bridgehead atoms. The Morgan fingerprint density at radius 3 is 1.21 bits per heavy atom. The van der Waals surface area contributed by atoms with Crippen molar-refractivity contribution >= 4 is 7.82 Å². The van der Waals surface area contributed by atoms with E-state index in [-0.39, 0.29) is 0 Å². The van der Waals surface area contributed by atoms with Gasteiger partial charge in [0.05, 0.1) is 0 Å². The summed E-state index contributed by atoms with van der Waals surface area (Å²) in [6.07, 6.45) is -6.05. The topological polar surface area (TPSA) is 44.8 Å². The maximum Gasteiger partial charge on any atom is 0.482 e. The van der Waals surface area contributed by atoms with Crippen LogP contribution < -0.4 is 0 Å². The van der Waals surface area contributed by atoms with E-state index in [1.807, 2.05) is 0 Å². The van der Waals surface area contributed by atoms with E-state index >= 15 is 0 Å². The Morgan fingerprint density at radius 2 is 1.07 bits per heavy atom. The highest BCUT2D eigenvalue weighted by atomic mass is 31.2. The zero-order valence-electron chi connectivity index (χ0n) is 7.95. The predicted molar refractivity (Wildman–Crippen MR) is 42.6 cm³/mol. The van der Waals surface area contributed by atoms with Gasteiger partial charge in [-0.05, 0) is 20.8 Å². The van der Waals surface area contributed by atoms with Crippen molar-refractivity contribution in [2.75, 3.05) is 0 Å². The minimum Gasteiger partial charge on any atom is -0.252 e. The predicted octanol–water partition coefficient (Wildman–Crippen LogP) is 3.09. The van der Waals surface area contributed by atoms with Gasteiger partial charge < -0.3 is 0 Å². The lowest BCUT2D eigenvalue weighted by molar-refractivity contribution is -0.0458. The van der Waals surface area contributed by atoms with Gasteiger partial charge in [-0.2, -0.15) is 0 Å². The van der Waals surface area contributed by atoms with Crippen LogP contribution in [-0.2, 0) is 18.1 Å². The van der Waals surface area contributed by atoms with E-state index in [1.165, 1.54) is 0 Å². The number of phosphoric ester groups is 1. The third-order valence-electron chi connectivity index (χ3n) is 0.823. The Labute approximate surface area is 80.0 Å². The SMILES string of the molecule is CC(F)OP(=O)(OC(C)F)OC(C)F. The highest BCUT2D eigenvalue weighted by Crippen LogP contribution is 2.53. The molecule has 3 atom stereocenters. The van der Waals surface area contributed by atoms with E-state index in [4.69, 9.17) is 0 Å². The molecule has 0 aliphatic rings. The Morgan fingerprint density at radius 1 is 0.857 bits per heavy atom. The van der Waals surface area contributed by atoms with E-state index < -0.39 is 26.9 Å². The van der Waals surface area contributed by atoms with Gasteiger partial charge in [0.25, 0.3) is 0 Å². The fourth-order valence-electron chi connectivity index (χ4n) is 0.608. The van der Waals surface area contributed by atoms with Crippen LogP contribution in [0.3, 0.4) is 0 Å². The molecule has 0 aromatic carbocycles. The lowest BCUT2D eigenvalue weighted by Crippen LogP contribution is -2.11. The smallest absolute Gasteiger partial charge is 0.252 e. The van der Waals surface area contributed by atoms with Gasteiger partial charge >= 0.3 is 7.82 Å². The standard InChI is InChI=1S/C6H12F3O4P/c1-4(7)11-14(10,12-5(2)8)13-6(3)9/h4-6H,1-3H3. The summed E-state index contributed by atoms with van der Waals surface area (Å²) < 4.78 is 60.2. The van der Waals surface area contributed by atoms with E-state index in [9.17, 15) is 17.7 Å². The first-order valence-electron chi connectivity index (χ1n) is 3.82. The van der Waals surface area contributed by atoms with Crippen molar-refractivity contribution in [2.45, 2.75) is 39.8 Å². The molecule has 0 spiro atoms. The molecule has 0 fully saturated rings. The van der Waals surface area contributed by atoms with Crippen molar-refractivity contribution in [1.29, 1.82) is 0 Å². The highest BCUT2D eigenvalue weighted by Gasteiger charge is 2.34. The van der Waals surface area contributed by atoms with Gasteiger partial charge in [-0.3, -0.25) is 13.6 Å². The first kappa shape index (κ1) is 13.9. The molecular formula is C6H12F3O4P. The van der Waals surface area contributed by atoms with E-state index in [0.717, 1.165) is 20.8 Å². The van der Waals surface area contributed by atoms with Crippen molar-refractivity contribution in [3.8, 4) is 0 Å². The second-order valence-electron chi connectivity index (χ2n) is 2.39. The fourth-order valence-corrected chi connectivity index (χ4v) is 1.82. The van der Waals surface area contributed by atoms with Gasteiger partial charge in [-0.1, -0.05) is 0 Å². The van der Waals surface area contributed by atoms with Gasteiger partial charge in [0.1, 0.15) is 0 Å². The molecule has 8 heteroatoms. The summed E-state index contributed by atoms with van der Waals surface area (Å²) in [6.45, 7) is 2.64. The zero-order valence-corrected chi connectivity index (χ0v) is 8.84. The summed E-state index contributed by atoms with van der Waals surface area (Å²) in [5.41, 5.74) is 0. The van der Waals surface area contributed by atoms with Crippen molar-refractivity contribution < 1.29 is 31.3 Å². The summed E-state index contributed by atoms with van der Waals surface area (Å²) in [5, 5.41) is 0. The molecular weight excluding hydrogens is 224 g/mol. The lowest BCUT2D eigenvalue weighted by atomic mass is 10.8. The molecule has 0 aromatic rings. The van der Waals surface area contributed by atoms with Crippen LogP contribution >= 0.6 is 7.82 Å². The normalized spacial score (nSPS) is 22.4. The van der Waals surface area contributed by atoms with Crippen LogP contribution in [0, 0.1) is 0 Å². The van der Waals surface area contributed by atoms with Crippen LogP contribution in [0.5, 0.6) is 0 Å². The largest absolute Gasteiger partial charge is 0.482 e. The lowest BCUT2D eigenvalue weighted by Gasteiger charge is -2.19. The number of rotatable bonds is 6. The van der Waals surface area contributed by atoms with Crippen LogP contribution in [-0.4, -0.2) is 19.1 Å². The second kappa shape index (κ2) is 5.70. The molecule has 0 rings (SSSR count). The molecule has 14 heavy (non-hydrogen) atoms. The Kier molecular flexibility index (Phi) is 5.66. The van der Waals surface area contributed by atoms with E-state index in [2.05, 4.69) is 13.6 Å². The van der Waals surface area contributed by atoms with E-state index in [1.54, 1.807) is 0 Å². The third-order valence-corrected chi connectivity index (χ3v) is 2.47. The second-order valence-corrected chi connectivity index (χ2v) is 3.92. The number of alkyl halides is 3. The molecule has 0 saturated carbocycles. The molecule has 0 saturated heterocycles. The molecule has 0 aliphatic carbocycles. The maximum absolute atomic E-state index is 12.3. The first-order valence-corrected chi connectivity index (χ1v) is 5.28. The number of hydrogen-bond donors (Lipinski definition) is 0. The van der Waals surface area contributed by atoms with Gasteiger partial charge in [0.15, 0.2) is 0 Å². The third kappa shape index (κ3) is 6.37. The Bertz CT molecular complexity index is 176. The van der Waals surface area contributed by atoms with Crippen molar-refractivity contribution in [3.05, 3.63) is 0 Å². The minimum atomic E-state index is -4.51. The number of halogens is 3. The Balaban J connectivity index is 4.41. The average molecular weight is 236 g/mol. The molecule has 0 radical (unpaired) electrons. The average Bonchev–Trinajstić information content (AvgIpc) is 1.76. The maximum atomic E-state index is 12.3. The van der Waals surface area contributed by atoms with Crippen LogP contribution in [0.25, 0.3) is 0 Å². The minimum absolute atomic E-state index is 0.880. The van der Waals surface area contributed by atoms with Gasteiger partial charge in [0, 0.05) is 0 Å². The monoisotopic (exact) mass is 236 g/mol. The number of phosphoric acid groups is 1. The fraction of sp³-hybridized carbons (Fsp3) is 1.00. The van der Waals surface area contributed by atoms with Gasteiger partial charge in [0.2, 0.25) is 19.1 Å². The molecule has 0 N–H and O–H groups in total. The van der Waals surface area contributed by atoms with Crippen molar-refractivity contribution in [3.63, 3.8) is 0 Å². The molecule has 0 aromatic heterocycles. The van der Waals surface area contributed by atoms with Crippen molar-refractivity contribution in [1.82, 2.24) is 0 Å². The number of hydrogen-bond acceptors (Lipinski definition) is 4. The van der Waals surface area contributed by atoms with Gasteiger partial charge in [-0.25, -0.2) is 17.7 Å². The summed E-state index contributed by atoms with van der Waals surface area (Å²) in [6, 6.07) is 0. The van der Waals surface area contributed by atoms with E-state index in [0.29, 0.717) is 0 Å². The van der Waals surface area contributed by atoms with Crippen molar-refractivity contribution in [2.24, 2.45) is 0 Å². The molecule has 0 heterocycles. The zero-order chi connectivity index (χ0) is 11.4. The molecule has 86 valence electrons. The molecule has 3 unspecified atom stereocenters. The van der Waals surface area contributed by atoms with Crippen LogP contribution in [0.1, 0.15) is 20.8 Å². The summed E-state index contributed by atoms with van der Waals surface area (Å²) >= 11 is 0. The van der Waals surface area contributed by atoms with Crippen LogP contribution in [0.2, 0.25) is 0 Å². The summed E-state index contributed by atoms with van der Waals surface area (Å²) in [5.74, 6) is 0. The van der Waals surface area contributed by atoms with Crippen LogP contribution in [0.4, 0.5) is 13.2 Å². The summed E-state index contributed by atoms with van der Waals surface area (Å²) in [7, 11) is -4.51. The molecule has 0 amide bonds. The molecule has 0 aliphatic heterocycles. The summed E-state index contributed by atoms with van der Waals surface area (Å²) in [4.78, 5) is 0. The Hall–Kier alpha value is -0.100. The van der Waals surface area contributed by atoms with Crippen LogP contribution in [0.15, 0.2) is 0 Å². The quantitative estimate of drug-likeness (QED) is 0.664. The first-order chi connectivity index (χ1) is 6.25. The van der Waals surface area contributed by atoms with Gasteiger partial charge in [-0.15, -0.1) is 0 Å².